The number of hydrogen-bond donors (Lipinski definition) is 0. The van der Waals surface area contributed by atoms with E-state index in [9.17, 15) is 9.59 Å². The largest absolute Gasteiger partial charge is 0.330 e. The average Bonchev–Trinajstić information content (AvgIpc) is 2.73. The third-order valence-corrected chi connectivity index (χ3v) is 3.41. The van der Waals surface area contributed by atoms with Gasteiger partial charge in [0.15, 0.2) is 0 Å². The number of nitrogens with zero attached hydrogens (tertiary/aromatic N) is 4. The van der Waals surface area contributed by atoms with E-state index < -0.39 is 0 Å². The van der Waals surface area contributed by atoms with Crippen LogP contribution in [0.3, 0.4) is 0 Å². The maximum Gasteiger partial charge on any atom is 0.330 e. The van der Waals surface area contributed by atoms with Crippen LogP contribution in [0.1, 0.15) is 5.56 Å². The molecule has 0 aliphatic rings. The lowest BCUT2D eigenvalue weighted by molar-refractivity contribution is 0.585. The number of rotatable bonds is 3. The molecule has 6 nitrogen and oxygen atoms in total. The Labute approximate surface area is 117 Å². The topological polar surface area (TPSA) is 61.8 Å². The van der Waals surface area contributed by atoms with Gasteiger partial charge in [-0.05, 0) is 34.6 Å². The zero-order chi connectivity index (χ0) is 13.3. The molecule has 7 heteroatoms. The first kappa shape index (κ1) is 13.1. The first-order chi connectivity index (χ1) is 8.49. The SMILES string of the molecule is Cn1cc(CCn2c(=O)c(I)cn(C)c2=O)cn1. The fourth-order valence-electron chi connectivity index (χ4n) is 1.73. The van der Waals surface area contributed by atoms with E-state index in [0.29, 0.717) is 16.5 Å². The van der Waals surface area contributed by atoms with E-state index in [0.717, 1.165) is 5.56 Å². The number of aryl methyl sites for hydroxylation is 3. The first-order valence-corrected chi connectivity index (χ1v) is 6.50. The highest BCUT2D eigenvalue weighted by Gasteiger charge is 2.08. The summed E-state index contributed by atoms with van der Waals surface area (Å²) in [5.41, 5.74) is 0.484. The molecule has 0 bridgehead atoms. The van der Waals surface area contributed by atoms with Gasteiger partial charge in [-0.1, -0.05) is 0 Å². The summed E-state index contributed by atoms with van der Waals surface area (Å²) in [6.45, 7) is 0.369. The molecular formula is C11H13IN4O2. The molecule has 0 N–H and O–H groups in total. The molecule has 0 aliphatic carbocycles. The van der Waals surface area contributed by atoms with E-state index in [1.807, 2.05) is 35.8 Å². The number of aromatic nitrogens is 4. The zero-order valence-electron chi connectivity index (χ0n) is 10.1. The molecule has 96 valence electrons. The third-order valence-electron chi connectivity index (χ3n) is 2.67. The van der Waals surface area contributed by atoms with Crippen molar-refractivity contribution in [2.24, 2.45) is 14.1 Å². The van der Waals surface area contributed by atoms with E-state index in [1.54, 1.807) is 24.1 Å². The predicted molar refractivity (Wildman–Crippen MR) is 75.6 cm³/mol. The molecule has 0 aliphatic heterocycles. The van der Waals surface area contributed by atoms with E-state index in [4.69, 9.17) is 0 Å². The summed E-state index contributed by atoms with van der Waals surface area (Å²) in [7, 11) is 3.48. The Balaban J connectivity index is 2.30. The Kier molecular flexibility index (Phi) is 3.69. The number of halogens is 1. The van der Waals surface area contributed by atoms with Gasteiger partial charge in [0, 0.05) is 33.0 Å². The minimum atomic E-state index is -0.288. The second-order valence-corrected chi connectivity index (χ2v) is 5.26. The molecule has 0 atom stereocenters. The van der Waals surface area contributed by atoms with Crippen LogP contribution in [-0.2, 0) is 27.1 Å². The van der Waals surface area contributed by atoms with E-state index in [-0.39, 0.29) is 11.2 Å². The van der Waals surface area contributed by atoms with E-state index in [1.165, 1.54) is 9.13 Å². The Morgan fingerprint density at radius 3 is 2.61 bits per heavy atom. The van der Waals surface area contributed by atoms with Crippen molar-refractivity contribution in [2.75, 3.05) is 0 Å². The first-order valence-electron chi connectivity index (χ1n) is 5.42. The van der Waals surface area contributed by atoms with Gasteiger partial charge in [0.05, 0.1) is 9.77 Å². The van der Waals surface area contributed by atoms with Gasteiger partial charge in [-0.2, -0.15) is 5.10 Å². The van der Waals surface area contributed by atoms with Crippen molar-refractivity contribution in [1.29, 1.82) is 0 Å². The van der Waals surface area contributed by atoms with Crippen molar-refractivity contribution in [3.63, 3.8) is 0 Å². The van der Waals surface area contributed by atoms with Gasteiger partial charge in [-0.3, -0.25) is 14.0 Å². The molecule has 2 aromatic heterocycles. The van der Waals surface area contributed by atoms with E-state index >= 15 is 0 Å². The zero-order valence-corrected chi connectivity index (χ0v) is 12.3. The van der Waals surface area contributed by atoms with Crippen LogP contribution in [0.2, 0.25) is 0 Å². The van der Waals surface area contributed by atoms with Crippen molar-refractivity contribution >= 4 is 22.6 Å². The van der Waals surface area contributed by atoms with Crippen LogP contribution in [-0.4, -0.2) is 18.9 Å². The summed E-state index contributed by atoms with van der Waals surface area (Å²) in [5.74, 6) is 0. The summed E-state index contributed by atoms with van der Waals surface area (Å²) >= 11 is 1.94. The van der Waals surface area contributed by atoms with Crippen LogP contribution in [0, 0.1) is 3.57 Å². The van der Waals surface area contributed by atoms with Crippen molar-refractivity contribution < 1.29 is 0 Å². The molecule has 0 spiro atoms. The van der Waals surface area contributed by atoms with Crippen LogP contribution < -0.4 is 11.2 Å². The lowest BCUT2D eigenvalue weighted by atomic mass is 10.2. The van der Waals surface area contributed by atoms with Crippen molar-refractivity contribution in [3.05, 3.63) is 48.6 Å². The molecule has 2 aromatic rings. The van der Waals surface area contributed by atoms with Gasteiger partial charge in [0.2, 0.25) is 0 Å². The minimum absolute atomic E-state index is 0.234. The van der Waals surface area contributed by atoms with Crippen LogP contribution >= 0.6 is 22.6 Å². The van der Waals surface area contributed by atoms with Crippen molar-refractivity contribution in [2.45, 2.75) is 13.0 Å². The Bertz CT molecular complexity index is 649. The lowest BCUT2D eigenvalue weighted by Crippen LogP contribution is -2.40. The smallest absolute Gasteiger partial charge is 0.302 e. The molecule has 0 amide bonds. The lowest BCUT2D eigenvalue weighted by Gasteiger charge is -2.06. The molecule has 0 fully saturated rings. The Morgan fingerprint density at radius 2 is 2.00 bits per heavy atom. The quantitative estimate of drug-likeness (QED) is 0.731. The summed E-state index contributed by atoms with van der Waals surface area (Å²) in [4.78, 5) is 23.8. The molecule has 0 saturated heterocycles. The highest BCUT2D eigenvalue weighted by atomic mass is 127. The maximum absolute atomic E-state index is 11.9. The third kappa shape index (κ3) is 2.55. The Hall–Kier alpha value is -1.38. The molecule has 2 rings (SSSR count). The molecule has 18 heavy (non-hydrogen) atoms. The molecule has 0 saturated carbocycles. The normalized spacial score (nSPS) is 10.8. The van der Waals surface area contributed by atoms with Gasteiger partial charge < -0.3 is 4.57 Å². The fourth-order valence-corrected chi connectivity index (χ4v) is 2.43. The average molecular weight is 360 g/mol. The summed E-state index contributed by atoms with van der Waals surface area (Å²) in [6.07, 6.45) is 5.78. The van der Waals surface area contributed by atoms with Crippen LogP contribution in [0.25, 0.3) is 0 Å². The number of hydrogen-bond acceptors (Lipinski definition) is 3. The standard InChI is InChI=1S/C11H13IN4O2/c1-14-7-9(12)10(17)16(11(14)18)4-3-8-5-13-15(2)6-8/h5-7H,3-4H2,1-2H3. The fraction of sp³-hybridized carbons (Fsp3) is 0.364. The second-order valence-electron chi connectivity index (χ2n) is 4.10. The maximum atomic E-state index is 11.9. The summed E-state index contributed by atoms with van der Waals surface area (Å²) < 4.78 is 4.92. The molecule has 2 heterocycles. The van der Waals surface area contributed by atoms with Crippen LogP contribution in [0.4, 0.5) is 0 Å². The van der Waals surface area contributed by atoms with Gasteiger partial charge in [0.25, 0.3) is 5.56 Å². The van der Waals surface area contributed by atoms with Crippen molar-refractivity contribution in [3.8, 4) is 0 Å². The highest BCUT2D eigenvalue weighted by molar-refractivity contribution is 14.1. The molecule has 0 unspecified atom stereocenters. The monoisotopic (exact) mass is 360 g/mol. The second kappa shape index (κ2) is 5.09. The summed E-state index contributed by atoms with van der Waals surface area (Å²) in [6, 6.07) is 0. The highest BCUT2D eigenvalue weighted by Crippen LogP contribution is 1.99. The Morgan fingerprint density at radius 1 is 1.28 bits per heavy atom. The van der Waals surface area contributed by atoms with Crippen LogP contribution in [0.15, 0.2) is 28.2 Å². The molecule has 0 aromatic carbocycles. The van der Waals surface area contributed by atoms with Crippen molar-refractivity contribution in [1.82, 2.24) is 18.9 Å². The van der Waals surface area contributed by atoms with Gasteiger partial charge in [-0.25, -0.2) is 4.79 Å². The van der Waals surface area contributed by atoms with E-state index in [2.05, 4.69) is 5.10 Å². The van der Waals surface area contributed by atoms with Gasteiger partial charge in [-0.15, -0.1) is 0 Å². The predicted octanol–water partition coefficient (Wildman–Crippen LogP) is 0.128. The summed E-state index contributed by atoms with van der Waals surface area (Å²) in [5, 5.41) is 4.05. The minimum Gasteiger partial charge on any atom is -0.302 e. The van der Waals surface area contributed by atoms with Gasteiger partial charge in [0.1, 0.15) is 0 Å². The van der Waals surface area contributed by atoms with Gasteiger partial charge >= 0.3 is 5.69 Å². The van der Waals surface area contributed by atoms with Crippen LogP contribution in [0.5, 0.6) is 0 Å². The molecular weight excluding hydrogens is 347 g/mol. The molecule has 0 radical (unpaired) electrons.